The van der Waals surface area contributed by atoms with Crippen LogP contribution in [0.3, 0.4) is 0 Å². The van der Waals surface area contributed by atoms with Gasteiger partial charge in [0, 0.05) is 31.8 Å². The fraction of sp³-hybridized carbons (Fsp3) is 0.833. The number of likely N-dealkylation sites (N-methyl/N-ethyl adjacent to an activating group) is 1. The molecule has 0 bridgehead atoms. The second kappa shape index (κ2) is 14.9. The van der Waals surface area contributed by atoms with Crippen LogP contribution in [0.2, 0.25) is 0 Å². The molecule has 2 heterocycles. The Morgan fingerprint density at radius 1 is 0.838 bits per heavy atom. The van der Waals surface area contributed by atoms with Crippen LogP contribution in [0.5, 0.6) is 0 Å². The number of hydrogen-bond donors (Lipinski definition) is 1. The Kier molecular flexibility index (Phi) is 12.6. The molecule has 0 aliphatic carbocycles. The van der Waals surface area contributed by atoms with Crippen LogP contribution in [0.4, 0.5) is 0 Å². The molecule has 0 spiro atoms. The van der Waals surface area contributed by atoms with Gasteiger partial charge in [-0.15, -0.1) is 0 Å². The van der Waals surface area contributed by atoms with E-state index in [1.165, 1.54) is 19.3 Å². The van der Waals surface area contributed by atoms with Crippen LogP contribution in [0.25, 0.3) is 0 Å². The van der Waals surface area contributed by atoms with E-state index >= 15 is 0 Å². The summed E-state index contributed by atoms with van der Waals surface area (Å²) in [6, 6.07) is -0.734. The predicted molar refractivity (Wildman–Crippen MR) is 151 cm³/mol. The molecule has 7 heteroatoms. The third-order valence-corrected chi connectivity index (χ3v) is 8.12. The lowest BCUT2D eigenvalue weighted by atomic mass is 9.95. The number of carbonyl (C=O) groups is 3. The van der Waals surface area contributed by atoms with Crippen LogP contribution in [-0.2, 0) is 14.4 Å². The maximum absolute atomic E-state index is 13.8. The summed E-state index contributed by atoms with van der Waals surface area (Å²) in [7, 11) is 1.81. The number of carbonyl (C=O) groups excluding carboxylic acids is 3. The van der Waals surface area contributed by atoms with Gasteiger partial charge in [-0.2, -0.15) is 0 Å². The predicted octanol–water partition coefficient (Wildman–Crippen LogP) is 4.61. The molecule has 3 amide bonds. The molecule has 2 rings (SSSR count). The Morgan fingerprint density at radius 3 is 1.95 bits per heavy atom. The van der Waals surface area contributed by atoms with Gasteiger partial charge >= 0.3 is 0 Å². The number of rotatable bonds is 9. The van der Waals surface area contributed by atoms with Crippen molar-refractivity contribution in [2.24, 2.45) is 11.8 Å². The minimum Gasteiger partial charge on any atom is -0.343 e. The van der Waals surface area contributed by atoms with E-state index in [0.29, 0.717) is 5.57 Å². The molecule has 2 aliphatic heterocycles. The second-order valence-electron chi connectivity index (χ2n) is 12.2. The molecule has 0 aromatic rings. The van der Waals surface area contributed by atoms with Gasteiger partial charge in [-0.1, -0.05) is 59.5 Å². The third-order valence-electron chi connectivity index (χ3n) is 8.12. The highest BCUT2D eigenvalue weighted by Crippen LogP contribution is 2.22. The molecule has 2 fully saturated rings. The molecule has 0 aromatic carbocycles. The molecule has 1 unspecified atom stereocenters. The Morgan fingerprint density at radius 2 is 1.41 bits per heavy atom. The molecule has 212 valence electrons. The van der Waals surface area contributed by atoms with Crippen molar-refractivity contribution in [2.45, 2.75) is 124 Å². The average molecular weight is 519 g/mol. The lowest BCUT2D eigenvalue weighted by molar-refractivity contribution is -0.140. The van der Waals surface area contributed by atoms with Gasteiger partial charge in [0.25, 0.3) is 0 Å². The van der Waals surface area contributed by atoms with Crippen molar-refractivity contribution >= 4 is 17.7 Å². The van der Waals surface area contributed by atoms with Crippen molar-refractivity contribution in [1.82, 2.24) is 20.0 Å². The van der Waals surface area contributed by atoms with E-state index in [1.54, 1.807) is 11.9 Å². The first-order valence-electron chi connectivity index (χ1n) is 14.8. The first kappa shape index (κ1) is 31.3. The SMILES string of the molecule is C/C(=C\[C@H](C(C)C)N(C)C(=O)[C@@H](NC(=O)C1CCCCN1C(C)C)C(C)C)C(=O)N1CCCCCCC1. The fourth-order valence-corrected chi connectivity index (χ4v) is 5.76. The van der Waals surface area contributed by atoms with Crippen LogP contribution in [0.15, 0.2) is 11.6 Å². The van der Waals surface area contributed by atoms with Gasteiger partial charge in [0.2, 0.25) is 17.7 Å². The average Bonchev–Trinajstić information content (AvgIpc) is 2.83. The first-order valence-corrected chi connectivity index (χ1v) is 14.8. The largest absolute Gasteiger partial charge is 0.343 e. The molecule has 0 radical (unpaired) electrons. The summed E-state index contributed by atoms with van der Waals surface area (Å²) >= 11 is 0. The minimum absolute atomic E-state index is 0.0458. The van der Waals surface area contributed by atoms with Crippen molar-refractivity contribution in [3.8, 4) is 0 Å². The summed E-state index contributed by atoms with van der Waals surface area (Å²) in [5, 5.41) is 3.12. The van der Waals surface area contributed by atoms with E-state index in [2.05, 4.69) is 37.9 Å². The number of hydrogen-bond acceptors (Lipinski definition) is 4. The normalized spacial score (nSPS) is 22.0. The lowest BCUT2D eigenvalue weighted by Gasteiger charge is -2.39. The molecule has 1 N–H and O–H groups in total. The fourth-order valence-electron chi connectivity index (χ4n) is 5.76. The summed E-state index contributed by atoms with van der Waals surface area (Å²) in [5.41, 5.74) is 0.693. The van der Waals surface area contributed by atoms with Crippen LogP contribution in [0, 0.1) is 11.8 Å². The zero-order valence-electron chi connectivity index (χ0n) is 24.9. The van der Waals surface area contributed by atoms with Gasteiger partial charge < -0.3 is 15.1 Å². The van der Waals surface area contributed by atoms with E-state index in [4.69, 9.17) is 0 Å². The number of nitrogens with zero attached hydrogens (tertiary/aromatic N) is 3. The summed E-state index contributed by atoms with van der Waals surface area (Å²) in [6.07, 6.45) is 10.6. The molecule has 0 aromatic heterocycles. The van der Waals surface area contributed by atoms with Crippen molar-refractivity contribution in [3.05, 3.63) is 11.6 Å². The molecule has 2 aliphatic rings. The van der Waals surface area contributed by atoms with Crippen molar-refractivity contribution in [2.75, 3.05) is 26.7 Å². The smallest absolute Gasteiger partial charge is 0.249 e. The summed E-state index contributed by atoms with van der Waals surface area (Å²) in [5.74, 6) is 0.0108. The number of likely N-dealkylation sites (tertiary alicyclic amines) is 2. The summed E-state index contributed by atoms with van der Waals surface area (Å²) in [6.45, 7) is 16.8. The highest BCUT2D eigenvalue weighted by Gasteiger charge is 2.36. The number of nitrogens with one attached hydrogen (secondary N) is 1. The first-order chi connectivity index (χ1) is 17.5. The van der Waals surface area contributed by atoms with Crippen molar-refractivity contribution < 1.29 is 14.4 Å². The maximum Gasteiger partial charge on any atom is 0.249 e. The van der Waals surface area contributed by atoms with Gasteiger partial charge in [-0.25, -0.2) is 0 Å². The molecule has 0 saturated carbocycles. The zero-order valence-corrected chi connectivity index (χ0v) is 24.9. The summed E-state index contributed by atoms with van der Waals surface area (Å²) < 4.78 is 0. The Labute approximate surface area is 226 Å². The molecule has 37 heavy (non-hydrogen) atoms. The van der Waals surface area contributed by atoms with E-state index in [-0.39, 0.29) is 47.7 Å². The van der Waals surface area contributed by atoms with Crippen molar-refractivity contribution in [1.29, 1.82) is 0 Å². The van der Waals surface area contributed by atoms with Gasteiger partial charge in [0.05, 0.1) is 12.1 Å². The van der Waals surface area contributed by atoms with Gasteiger partial charge in [-0.3, -0.25) is 19.3 Å². The maximum atomic E-state index is 13.8. The van der Waals surface area contributed by atoms with Crippen LogP contribution in [0.1, 0.15) is 99.8 Å². The minimum atomic E-state index is -0.603. The third kappa shape index (κ3) is 8.83. The monoisotopic (exact) mass is 518 g/mol. The van der Waals surface area contributed by atoms with E-state index < -0.39 is 6.04 Å². The van der Waals surface area contributed by atoms with Crippen LogP contribution < -0.4 is 5.32 Å². The lowest BCUT2D eigenvalue weighted by Crippen LogP contribution is -2.58. The standard InChI is InChI=1S/C30H54N4O3/c1-21(2)26(20-24(7)29(36)33-17-13-10-9-11-14-18-33)32(8)30(37)27(22(3)4)31-28(35)25-16-12-15-19-34(25)23(5)6/h20-23,25-27H,9-19H2,1-8H3,(H,31,35)/b24-20+/t25?,26-,27+/m1/s1. The van der Waals surface area contributed by atoms with E-state index in [9.17, 15) is 14.4 Å². The topological polar surface area (TPSA) is 73.0 Å². The van der Waals surface area contributed by atoms with Crippen LogP contribution in [-0.4, -0.2) is 83.3 Å². The van der Waals surface area contributed by atoms with E-state index in [0.717, 1.165) is 51.7 Å². The van der Waals surface area contributed by atoms with Crippen LogP contribution >= 0.6 is 0 Å². The molecule has 7 nitrogen and oxygen atoms in total. The second-order valence-corrected chi connectivity index (χ2v) is 12.2. The summed E-state index contributed by atoms with van der Waals surface area (Å²) in [4.78, 5) is 46.4. The zero-order chi connectivity index (χ0) is 27.7. The number of piperidine rings is 1. The van der Waals surface area contributed by atoms with Gasteiger partial charge in [-0.05, 0) is 64.8 Å². The quantitative estimate of drug-likeness (QED) is 0.453. The Bertz CT molecular complexity index is 784. The Balaban J connectivity index is 2.17. The molecule has 3 atom stereocenters. The highest BCUT2D eigenvalue weighted by molar-refractivity contribution is 5.93. The van der Waals surface area contributed by atoms with Gasteiger partial charge in [0.1, 0.15) is 6.04 Å². The van der Waals surface area contributed by atoms with Gasteiger partial charge in [0.15, 0.2) is 0 Å². The van der Waals surface area contributed by atoms with Crippen molar-refractivity contribution in [3.63, 3.8) is 0 Å². The molecule has 2 saturated heterocycles. The molecular formula is C30H54N4O3. The van der Waals surface area contributed by atoms with E-state index in [1.807, 2.05) is 31.7 Å². The number of amides is 3. The highest BCUT2D eigenvalue weighted by atomic mass is 16.2. The Hall–Kier alpha value is -1.89. The molecular weight excluding hydrogens is 464 g/mol.